The summed E-state index contributed by atoms with van der Waals surface area (Å²) in [4.78, 5) is 22.6. The molecule has 0 spiro atoms. The summed E-state index contributed by atoms with van der Waals surface area (Å²) in [5.74, 6) is 0.214. The van der Waals surface area contributed by atoms with Crippen LogP contribution in [0.4, 0.5) is 0 Å². The number of carbonyl (C=O) groups is 2. The number of amides is 2. The fraction of sp³-hybridized carbons (Fsp3) is 0.833. The van der Waals surface area contributed by atoms with Crippen LogP contribution in [0.3, 0.4) is 0 Å². The first-order valence-corrected chi connectivity index (χ1v) is 13.6. The molecule has 0 bridgehead atoms. The van der Waals surface area contributed by atoms with Crippen LogP contribution in [0.25, 0.3) is 0 Å². The SMILES string of the molecule is NCCNC(=O)CCC[Se][Se]CCCC(=O)NCCN. The Bertz CT molecular complexity index is 242. The van der Waals surface area contributed by atoms with Crippen LogP contribution in [0.2, 0.25) is 10.6 Å². The zero-order valence-electron chi connectivity index (χ0n) is 11.9. The first kappa shape index (κ1) is 19.9. The average molecular weight is 416 g/mol. The Labute approximate surface area is 132 Å². The van der Waals surface area contributed by atoms with Crippen LogP contribution >= 0.6 is 0 Å². The molecule has 0 unspecified atom stereocenters. The molecule has 0 fully saturated rings. The molecular formula is C12H26N4O2Se2. The second-order valence-corrected chi connectivity index (χ2v) is 12.0. The molecule has 0 radical (unpaired) electrons. The molecule has 0 aliphatic heterocycles. The Balaban J connectivity index is 3.20. The van der Waals surface area contributed by atoms with Gasteiger partial charge in [0.25, 0.3) is 0 Å². The van der Waals surface area contributed by atoms with E-state index < -0.39 is 0 Å². The summed E-state index contributed by atoms with van der Waals surface area (Å²) in [5, 5.41) is 7.85. The Kier molecular flexibility index (Phi) is 15.2. The predicted molar refractivity (Wildman–Crippen MR) is 83.7 cm³/mol. The summed E-state index contributed by atoms with van der Waals surface area (Å²) in [6.07, 6.45) is 3.16. The number of carbonyl (C=O) groups excluding carboxylic acids is 2. The molecule has 6 N–H and O–H groups in total. The van der Waals surface area contributed by atoms with E-state index >= 15 is 0 Å². The van der Waals surface area contributed by atoms with Gasteiger partial charge in [0.05, 0.1) is 0 Å². The summed E-state index contributed by atoms with van der Waals surface area (Å²) < 4.78 is 0. The zero-order chi connectivity index (χ0) is 15.1. The van der Waals surface area contributed by atoms with Gasteiger partial charge in [0.1, 0.15) is 0 Å². The first-order chi connectivity index (χ1) is 9.70. The van der Waals surface area contributed by atoms with Gasteiger partial charge in [-0.05, 0) is 0 Å². The number of nitrogens with one attached hydrogen (secondary N) is 2. The number of nitrogens with two attached hydrogens (primary N) is 2. The fourth-order valence-corrected chi connectivity index (χ4v) is 8.04. The minimum absolute atomic E-state index is 0.107. The maximum atomic E-state index is 11.3. The normalized spacial score (nSPS) is 10.3. The predicted octanol–water partition coefficient (Wildman–Crippen LogP) is -1.14. The molecule has 8 heteroatoms. The molecule has 0 aliphatic rings. The standard InChI is InChI=1S/C12H26N4O2Se2/c13-5-7-15-11(17)3-1-9-19-20-10-2-4-12(18)16-8-6-14/h1-10,13-14H2,(H,15,17)(H,16,18). The molecule has 0 atom stereocenters. The molecule has 0 aliphatic carbocycles. The van der Waals surface area contributed by atoms with Crippen molar-refractivity contribution in [2.45, 2.75) is 36.3 Å². The zero-order valence-corrected chi connectivity index (χ0v) is 15.3. The second kappa shape index (κ2) is 15.3. The van der Waals surface area contributed by atoms with Gasteiger partial charge in [-0.1, -0.05) is 0 Å². The monoisotopic (exact) mass is 418 g/mol. The van der Waals surface area contributed by atoms with Crippen LogP contribution in [0.15, 0.2) is 0 Å². The molecule has 0 aromatic rings. The van der Waals surface area contributed by atoms with Crippen LogP contribution in [-0.2, 0) is 9.59 Å². The van der Waals surface area contributed by atoms with Gasteiger partial charge in [-0.3, -0.25) is 0 Å². The number of hydrogen-bond donors (Lipinski definition) is 4. The third-order valence-corrected chi connectivity index (χ3v) is 9.99. The van der Waals surface area contributed by atoms with Crippen molar-refractivity contribution in [1.82, 2.24) is 10.6 Å². The van der Waals surface area contributed by atoms with Crippen LogP contribution < -0.4 is 22.1 Å². The Morgan fingerprint density at radius 1 is 0.800 bits per heavy atom. The van der Waals surface area contributed by atoms with Crippen molar-refractivity contribution in [2.24, 2.45) is 11.5 Å². The third-order valence-electron chi connectivity index (χ3n) is 2.28. The van der Waals surface area contributed by atoms with Gasteiger partial charge in [-0.25, -0.2) is 0 Å². The molecule has 0 aromatic carbocycles. The summed E-state index contributed by atoms with van der Waals surface area (Å²) in [6.45, 7) is 2.13. The van der Waals surface area contributed by atoms with E-state index in [4.69, 9.17) is 11.5 Å². The van der Waals surface area contributed by atoms with Gasteiger partial charge >= 0.3 is 132 Å². The third kappa shape index (κ3) is 14.3. The molecule has 6 nitrogen and oxygen atoms in total. The Hall–Kier alpha value is -0.101. The van der Waals surface area contributed by atoms with Crippen molar-refractivity contribution in [3.05, 3.63) is 0 Å². The van der Waals surface area contributed by atoms with E-state index in [0.29, 0.717) is 65.3 Å². The summed E-state index contributed by atoms with van der Waals surface area (Å²) in [7, 11) is 0. The maximum absolute atomic E-state index is 11.3. The van der Waals surface area contributed by atoms with Gasteiger partial charge < -0.3 is 0 Å². The number of hydrogen-bond acceptors (Lipinski definition) is 4. The van der Waals surface area contributed by atoms with E-state index in [2.05, 4.69) is 10.6 Å². The van der Waals surface area contributed by atoms with E-state index in [1.807, 2.05) is 0 Å². The van der Waals surface area contributed by atoms with Crippen molar-refractivity contribution in [1.29, 1.82) is 0 Å². The van der Waals surface area contributed by atoms with E-state index in [1.54, 1.807) is 0 Å². The minimum atomic E-state index is 0.107. The average Bonchev–Trinajstić information content (AvgIpc) is 2.45. The van der Waals surface area contributed by atoms with Crippen molar-refractivity contribution in [3.8, 4) is 0 Å². The van der Waals surface area contributed by atoms with E-state index in [9.17, 15) is 9.59 Å². The molecular weight excluding hydrogens is 390 g/mol. The van der Waals surface area contributed by atoms with Gasteiger partial charge in [-0.2, -0.15) is 0 Å². The summed E-state index contributed by atoms with van der Waals surface area (Å²) in [5.41, 5.74) is 10.6. The van der Waals surface area contributed by atoms with E-state index in [-0.39, 0.29) is 11.8 Å². The number of rotatable bonds is 13. The van der Waals surface area contributed by atoms with Crippen LogP contribution in [-0.4, -0.2) is 64.3 Å². The fourth-order valence-electron chi connectivity index (χ4n) is 1.30. The van der Waals surface area contributed by atoms with Crippen LogP contribution in [0, 0.1) is 0 Å². The van der Waals surface area contributed by atoms with Crippen molar-refractivity contribution >= 4 is 38.1 Å². The Morgan fingerprint density at radius 3 is 1.55 bits per heavy atom. The molecule has 0 aromatic heterocycles. The summed E-state index contributed by atoms with van der Waals surface area (Å²) >= 11 is 1.30. The quantitative estimate of drug-likeness (QED) is 0.225. The topological polar surface area (TPSA) is 110 Å². The van der Waals surface area contributed by atoms with E-state index in [1.165, 1.54) is 0 Å². The summed E-state index contributed by atoms with van der Waals surface area (Å²) in [6, 6.07) is 0. The van der Waals surface area contributed by atoms with Crippen LogP contribution in [0.5, 0.6) is 0 Å². The van der Waals surface area contributed by atoms with Crippen LogP contribution in [0.1, 0.15) is 25.7 Å². The van der Waals surface area contributed by atoms with Gasteiger partial charge in [0.15, 0.2) is 0 Å². The molecule has 0 heterocycles. The van der Waals surface area contributed by atoms with Gasteiger partial charge in [0.2, 0.25) is 0 Å². The van der Waals surface area contributed by atoms with Crippen molar-refractivity contribution < 1.29 is 9.59 Å². The van der Waals surface area contributed by atoms with Crippen molar-refractivity contribution in [3.63, 3.8) is 0 Å². The molecule has 0 rings (SSSR count). The van der Waals surface area contributed by atoms with Gasteiger partial charge in [-0.15, -0.1) is 0 Å². The second-order valence-electron chi connectivity index (χ2n) is 4.13. The van der Waals surface area contributed by atoms with Gasteiger partial charge in [0, 0.05) is 0 Å². The molecule has 118 valence electrons. The molecule has 0 saturated heterocycles. The molecule has 20 heavy (non-hydrogen) atoms. The van der Waals surface area contributed by atoms with E-state index in [0.717, 1.165) is 23.5 Å². The Morgan fingerprint density at radius 2 is 1.20 bits per heavy atom. The van der Waals surface area contributed by atoms with Crippen molar-refractivity contribution in [2.75, 3.05) is 26.2 Å². The molecule has 2 amide bonds. The molecule has 0 saturated carbocycles. The first-order valence-electron chi connectivity index (χ1n) is 6.88.